The van der Waals surface area contributed by atoms with Crippen molar-refractivity contribution in [2.24, 2.45) is 0 Å². The van der Waals surface area contributed by atoms with Gasteiger partial charge in [0.15, 0.2) is 16.9 Å². The van der Waals surface area contributed by atoms with Crippen molar-refractivity contribution in [2.45, 2.75) is 45.8 Å². The van der Waals surface area contributed by atoms with Crippen molar-refractivity contribution >= 4 is 29.1 Å². The van der Waals surface area contributed by atoms with E-state index in [4.69, 9.17) is 18.6 Å². The first-order valence-electron chi connectivity index (χ1n) is 14.1. The number of hydrogen-bond donors (Lipinski definition) is 3. The van der Waals surface area contributed by atoms with Gasteiger partial charge in [-0.25, -0.2) is 14.4 Å². The monoisotopic (exact) mass is 618 g/mol. The van der Waals surface area contributed by atoms with E-state index in [1.807, 2.05) is 6.07 Å². The topological polar surface area (TPSA) is 165 Å². The maximum atomic E-state index is 12.9. The van der Waals surface area contributed by atoms with Crippen molar-refractivity contribution in [3.05, 3.63) is 82.5 Å². The lowest BCUT2D eigenvalue weighted by Gasteiger charge is -2.24. The summed E-state index contributed by atoms with van der Waals surface area (Å²) < 4.78 is 21.9. The highest BCUT2D eigenvalue weighted by Gasteiger charge is 2.29. The number of fused-ring (bicyclic) bond motifs is 1. The molecule has 4 rings (SSSR count). The summed E-state index contributed by atoms with van der Waals surface area (Å²) in [5, 5.41) is 23.3. The molecule has 45 heavy (non-hydrogen) atoms. The van der Waals surface area contributed by atoms with Gasteiger partial charge in [-0.15, -0.1) is 0 Å². The molecule has 0 aliphatic carbocycles. The van der Waals surface area contributed by atoms with Gasteiger partial charge >= 0.3 is 18.2 Å². The van der Waals surface area contributed by atoms with E-state index in [1.54, 1.807) is 71.1 Å². The summed E-state index contributed by atoms with van der Waals surface area (Å²) in [6.45, 7) is 7.34. The number of carbonyl (C=O) groups is 3. The van der Waals surface area contributed by atoms with Crippen LogP contribution in [0.2, 0.25) is 0 Å². The fourth-order valence-electron chi connectivity index (χ4n) is 4.17. The van der Waals surface area contributed by atoms with Crippen LogP contribution in [0.1, 0.15) is 33.3 Å². The average molecular weight is 619 g/mol. The minimum atomic E-state index is -1.15. The van der Waals surface area contributed by atoms with Crippen molar-refractivity contribution in [3.63, 3.8) is 0 Å². The van der Waals surface area contributed by atoms with Crippen LogP contribution in [0, 0.1) is 0 Å². The molecular formula is C33H34N2O10. The Kier molecular flexibility index (Phi) is 9.66. The lowest BCUT2D eigenvalue weighted by molar-refractivity contribution is -0.157. The van der Waals surface area contributed by atoms with E-state index in [-0.39, 0.29) is 28.9 Å². The largest absolute Gasteiger partial charge is 0.504 e. The minimum absolute atomic E-state index is 0.0874. The van der Waals surface area contributed by atoms with E-state index in [9.17, 15) is 29.4 Å². The van der Waals surface area contributed by atoms with E-state index in [1.165, 1.54) is 17.0 Å². The molecule has 1 aromatic heterocycles. The molecule has 0 spiro atoms. The molecular weight excluding hydrogens is 584 g/mol. The van der Waals surface area contributed by atoms with E-state index in [0.29, 0.717) is 12.1 Å². The SMILES string of the molecule is CCN(C)C(=O)Oc1ccc(-c2cc(=O)c3c(O)c(O)c(OC(=O)N[C@@H](Cc4ccccc4)C(=O)OC(C)(C)C)cc3o2)cc1. The van der Waals surface area contributed by atoms with Gasteiger partial charge < -0.3 is 39.1 Å². The quantitative estimate of drug-likeness (QED) is 0.173. The Hall–Kier alpha value is -5.52. The second-order valence-corrected chi connectivity index (χ2v) is 11.1. The van der Waals surface area contributed by atoms with Crippen LogP contribution >= 0.6 is 0 Å². The third-order valence-corrected chi connectivity index (χ3v) is 6.53. The number of phenolic OH excluding ortho intramolecular Hbond substituents is 2. The van der Waals surface area contributed by atoms with Gasteiger partial charge in [0.05, 0.1) is 0 Å². The summed E-state index contributed by atoms with van der Waals surface area (Å²) in [5.41, 5.74) is -0.516. The molecule has 0 unspecified atom stereocenters. The van der Waals surface area contributed by atoms with Crippen LogP contribution in [0.4, 0.5) is 9.59 Å². The predicted molar refractivity (Wildman–Crippen MR) is 165 cm³/mol. The number of rotatable bonds is 8. The number of benzene rings is 3. The Morgan fingerprint density at radius 1 is 0.956 bits per heavy atom. The van der Waals surface area contributed by atoms with Crippen molar-refractivity contribution in [2.75, 3.05) is 13.6 Å². The normalized spacial score (nSPS) is 11.8. The maximum Gasteiger partial charge on any atom is 0.414 e. The van der Waals surface area contributed by atoms with Gasteiger partial charge in [-0.1, -0.05) is 30.3 Å². The molecule has 12 nitrogen and oxygen atoms in total. The van der Waals surface area contributed by atoms with Crippen LogP contribution in [0.15, 0.2) is 75.9 Å². The molecule has 0 aliphatic heterocycles. The Morgan fingerprint density at radius 3 is 2.24 bits per heavy atom. The summed E-state index contributed by atoms with van der Waals surface area (Å²) in [6.07, 6.45) is -1.58. The second kappa shape index (κ2) is 13.4. The minimum Gasteiger partial charge on any atom is -0.504 e. The van der Waals surface area contributed by atoms with E-state index >= 15 is 0 Å². The fraction of sp³-hybridized carbons (Fsp3) is 0.273. The van der Waals surface area contributed by atoms with E-state index in [2.05, 4.69) is 5.32 Å². The summed E-state index contributed by atoms with van der Waals surface area (Å²) in [7, 11) is 1.60. The lowest BCUT2D eigenvalue weighted by atomic mass is 10.1. The summed E-state index contributed by atoms with van der Waals surface area (Å²) in [6, 6.07) is 16.2. The van der Waals surface area contributed by atoms with Crippen LogP contribution in [0.3, 0.4) is 0 Å². The zero-order valence-corrected chi connectivity index (χ0v) is 25.5. The maximum absolute atomic E-state index is 12.9. The van der Waals surface area contributed by atoms with Crippen molar-refractivity contribution in [1.29, 1.82) is 0 Å². The Morgan fingerprint density at radius 2 is 1.62 bits per heavy atom. The lowest BCUT2D eigenvalue weighted by Crippen LogP contribution is -2.46. The first-order valence-corrected chi connectivity index (χ1v) is 14.1. The number of hydrogen-bond acceptors (Lipinski definition) is 10. The fourth-order valence-corrected chi connectivity index (χ4v) is 4.17. The summed E-state index contributed by atoms with van der Waals surface area (Å²) in [4.78, 5) is 52.2. The zero-order valence-electron chi connectivity index (χ0n) is 25.5. The molecule has 1 atom stereocenters. The van der Waals surface area contributed by atoms with Crippen LogP contribution < -0.4 is 20.2 Å². The molecule has 0 saturated carbocycles. The van der Waals surface area contributed by atoms with Gasteiger partial charge in [-0.3, -0.25) is 4.79 Å². The highest BCUT2D eigenvalue weighted by atomic mass is 16.6. The Bertz CT molecular complexity index is 1760. The van der Waals surface area contributed by atoms with Gasteiger partial charge in [0.2, 0.25) is 5.75 Å². The molecule has 0 bridgehead atoms. The standard InChI is InChI=1S/C33H34N2O10/c1-6-35(5)32(41)42-21-14-12-20(13-15-21)24-17-23(36)27-25(43-24)18-26(28(37)29(27)38)44-31(40)34-22(30(39)45-33(2,3)4)16-19-10-8-7-9-11-19/h7-15,17-18,22,37-38H,6,16H2,1-5H3,(H,34,40)/t22-/m0/s1. The van der Waals surface area contributed by atoms with Crippen LogP contribution in [-0.4, -0.2) is 58.5 Å². The molecule has 236 valence electrons. The number of carbonyl (C=O) groups excluding carboxylic acids is 3. The highest BCUT2D eigenvalue weighted by Crippen LogP contribution is 2.41. The summed E-state index contributed by atoms with van der Waals surface area (Å²) in [5.74, 6) is -2.60. The van der Waals surface area contributed by atoms with Gasteiger partial charge in [-0.2, -0.15) is 0 Å². The van der Waals surface area contributed by atoms with Gasteiger partial charge in [0.1, 0.15) is 34.1 Å². The number of aromatic hydroxyl groups is 2. The number of amides is 2. The Labute approximate surface area is 258 Å². The summed E-state index contributed by atoms with van der Waals surface area (Å²) >= 11 is 0. The van der Waals surface area contributed by atoms with Gasteiger partial charge in [-0.05, 0) is 57.5 Å². The molecule has 4 aromatic rings. The molecule has 0 fully saturated rings. The first kappa shape index (κ1) is 32.4. The Balaban J connectivity index is 1.60. The number of phenols is 2. The molecule has 3 N–H and O–H groups in total. The zero-order chi connectivity index (χ0) is 32.9. The van der Waals surface area contributed by atoms with Crippen LogP contribution in [-0.2, 0) is 16.0 Å². The molecule has 0 aliphatic rings. The number of esters is 1. The number of ether oxygens (including phenoxy) is 3. The number of nitrogens with zero attached hydrogens (tertiary/aromatic N) is 1. The van der Waals surface area contributed by atoms with Crippen LogP contribution in [0.5, 0.6) is 23.0 Å². The molecule has 12 heteroatoms. The van der Waals surface area contributed by atoms with Crippen molar-refractivity contribution in [3.8, 4) is 34.3 Å². The van der Waals surface area contributed by atoms with Crippen LogP contribution in [0.25, 0.3) is 22.3 Å². The molecule has 0 radical (unpaired) electrons. The average Bonchev–Trinajstić information content (AvgIpc) is 2.98. The molecule has 0 saturated heterocycles. The van der Waals surface area contributed by atoms with E-state index in [0.717, 1.165) is 17.7 Å². The van der Waals surface area contributed by atoms with Gasteiger partial charge in [0.25, 0.3) is 0 Å². The third-order valence-electron chi connectivity index (χ3n) is 6.53. The number of nitrogens with one attached hydrogen (secondary N) is 1. The first-order chi connectivity index (χ1) is 21.3. The predicted octanol–water partition coefficient (Wildman–Crippen LogP) is 5.36. The molecule has 3 aromatic carbocycles. The van der Waals surface area contributed by atoms with E-state index < -0.39 is 52.5 Å². The smallest absolute Gasteiger partial charge is 0.414 e. The van der Waals surface area contributed by atoms with Crippen molar-refractivity contribution < 1.29 is 43.2 Å². The highest BCUT2D eigenvalue weighted by molar-refractivity contribution is 5.91. The third kappa shape index (κ3) is 8.11. The van der Waals surface area contributed by atoms with Gasteiger partial charge in [0, 0.05) is 37.7 Å². The molecule has 2 amide bonds. The molecule has 1 heterocycles. The second-order valence-electron chi connectivity index (χ2n) is 11.1. The van der Waals surface area contributed by atoms with Crippen molar-refractivity contribution in [1.82, 2.24) is 10.2 Å².